The van der Waals surface area contributed by atoms with Crippen molar-refractivity contribution in [1.29, 1.82) is 0 Å². The summed E-state index contributed by atoms with van der Waals surface area (Å²) in [7, 11) is 0. The highest BCUT2D eigenvalue weighted by Gasteiger charge is 2.27. The quantitative estimate of drug-likeness (QED) is 0.904. The molecule has 23 heavy (non-hydrogen) atoms. The number of carbonyl (C=O) groups excluding carboxylic acids is 1. The predicted octanol–water partition coefficient (Wildman–Crippen LogP) is 3.40. The Morgan fingerprint density at radius 1 is 1.35 bits per heavy atom. The van der Waals surface area contributed by atoms with E-state index in [4.69, 9.17) is 5.11 Å². The highest BCUT2D eigenvalue weighted by atomic mass is 16.4. The predicted molar refractivity (Wildman–Crippen MR) is 89.8 cm³/mol. The number of nitrogens with zero attached hydrogens (tertiary/aromatic N) is 2. The van der Waals surface area contributed by atoms with Gasteiger partial charge in [-0.15, -0.1) is 0 Å². The van der Waals surface area contributed by atoms with E-state index in [-0.39, 0.29) is 12.3 Å². The topological polar surface area (TPSA) is 62.5 Å². The molecule has 0 unspecified atom stereocenters. The Morgan fingerprint density at radius 2 is 2.04 bits per heavy atom. The number of aliphatic carboxylic acids is 1. The lowest BCUT2D eigenvalue weighted by Gasteiger charge is -2.32. The first-order valence-corrected chi connectivity index (χ1v) is 8.50. The van der Waals surface area contributed by atoms with Crippen LogP contribution in [0.15, 0.2) is 6.07 Å². The zero-order valence-electron chi connectivity index (χ0n) is 14.6. The summed E-state index contributed by atoms with van der Waals surface area (Å²) in [5.41, 5.74) is 2.92. The lowest BCUT2D eigenvalue weighted by Crippen LogP contribution is -2.40. The van der Waals surface area contributed by atoms with Gasteiger partial charge in [-0.25, -0.2) is 0 Å². The Labute approximate surface area is 138 Å². The first-order chi connectivity index (χ1) is 10.8. The van der Waals surface area contributed by atoms with E-state index in [1.807, 2.05) is 24.8 Å². The highest BCUT2D eigenvalue weighted by Crippen LogP contribution is 2.25. The maximum absolute atomic E-state index is 12.9. The lowest BCUT2D eigenvalue weighted by atomic mass is 9.93. The number of carboxylic acids is 1. The van der Waals surface area contributed by atoms with Crippen molar-refractivity contribution in [3.63, 3.8) is 0 Å². The summed E-state index contributed by atoms with van der Waals surface area (Å²) in [5.74, 6) is -0.364. The molecule has 2 rings (SSSR count). The summed E-state index contributed by atoms with van der Waals surface area (Å²) in [6.07, 6.45) is 2.82. The summed E-state index contributed by atoms with van der Waals surface area (Å²) in [6, 6.07) is 2.32. The molecule has 0 radical (unpaired) electrons. The van der Waals surface area contributed by atoms with E-state index in [0.29, 0.717) is 24.9 Å². The first kappa shape index (κ1) is 17.6. The van der Waals surface area contributed by atoms with Crippen LogP contribution in [-0.2, 0) is 4.79 Å². The molecule has 1 aliphatic heterocycles. The number of carboxylic acid groups (broad SMARTS) is 1. The van der Waals surface area contributed by atoms with Crippen LogP contribution in [0.4, 0.5) is 0 Å². The van der Waals surface area contributed by atoms with Gasteiger partial charge in [-0.1, -0.05) is 0 Å². The minimum atomic E-state index is -0.756. The van der Waals surface area contributed by atoms with Crippen LogP contribution in [0.3, 0.4) is 0 Å². The number of aryl methyl sites for hydroxylation is 1. The molecular weight excluding hydrogens is 292 g/mol. The zero-order chi connectivity index (χ0) is 17.1. The molecule has 0 aliphatic carbocycles. The van der Waals surface area contributed by atoms with Gasteiger partial charge in [0.25, 0.3) is 5.91 Å². The zero-order valence-corrected chi connectivity index (χ0v) is 14.6. The van der Waals surface area contributed by atoms with Crippen molar-refractivity contribution in [2.24, 2.45) is 5.92 Å². The van der Waals surface area contributed by atoms with Crippen LogP contribution in [-0.4, -0.2) is 39.5 Å². The van der Waals surface area contributed by atoms with E-state index in [1.54, 1.807) is 0 Å². The van der Waals surface area contributed by atoms with E-state index in [1.165, 1.54) is 0 Å². The van der Waals surface area contributed by atoms with E-state index in [9.17, 15) is 9.59 Å². The number of piperidine rings is 1. The van der Waals surface area contributed by atoms with Crippen molar-refractivity contribution in [3.8, 4) is 0 Å². The molecule has 1 amide bonds. The van der Waals surface area contributed by atoms with Crippen LogP contribution in [0.2, 0.25) is 0 Å². The van der Waals surface area contributed by atoms with Gasteiger partial charge in [0.2, 0.25) is 0 Å². The second-order valence-electron chi connectivity index (χ2n) is 6.94. The van der Waals surface area contributed by atoms with Crippen molar-refractivity contribution < 1.29 is 14.7 Å². The summed E-state index contributed by atoms with van der Waals surface area (Å²) in [5, 5.41) is 8.84. The Balaban J connectivity index is 2.11. The van der Waals surface area contributed by atoms with Crippen molar-refractivity contribution in [1.82, 2.24) is 9.47 Å². The molecule has 1 saturated heterocycles. The van der Waals surface area contributed by atoms with E-state index >= 15 is 0 Å². The van der Waals surface area contributed by atoms with Gasteiger partial charge in [-0.2, -0.15) is 0 Å². The normalized spacial score (nSPS) is 18.5. The summed E-state index contributed by atoms with van der Waals surface area (Å²) in [4.78, 5) is 25.5. The molecule has 0 saturated carbocycles. The second kappa shape index (κ2) is 7.20. The van der Waals surface area contributed by atoms with Crippen LogP contribution in [0, 0.1) is 19.8 Å². The summed E-state index contributed by atoms with van der Waals surface area (Å²) >= 11 is 0. The molecule has 1 fully saturated rings. The Morgan fingerprint density at radius 3 is 2.61 bits per heavy atom. The molecule has 1 aliphatic rings. The van der Waals surface area contributed by atoms with E-state index in [0.717, 1.165) is 36.3 Å². The van der Waals surface area contributed by atoms with Gasteiger partial charge >= 0.3 is 5.97 Å². The number of rotatable bonds is 5. The van der Waals surface area contributed by atoms with Gasteiger partial charge < -0.3 is 14.6 Å². The van der Waals surface area contributed by atoms with Gasteiger partial charge in [-0.05, 0) is 58.9 Å². The Bertz CT molecular complexity index is 589. The molecule has 0 spiro atoms. The highest BCUT2D eigenvalue weighted by molar-refractivity contribution is 5.95. The average molecular weight is 320 g/mol. The second-order valence-corrected chi connectivity index (χ2v) is 6.94. The molecule has 128 valence electrons. The minimum absolute atomic E-state index is 0.0880. The number of carbonyl (C=O) groups is 2. The number of amides is 1. The Kier molecular flexibility index (Phi) is 5.50. The fraction of sp³-hybridized carbons (Fsp3) is 0.667. The molecule has 1 atom stereocenters. The number of aromatic nitrogens is 1. The van der Waals surface area contributed by atoms with Crippen molar-refractivity contribution in [2.75, 3.05) is 13.1 Å². The lowest BCUT2D eigenvalue weighted by molar-refractivity contribution is -0.137. The minimum Gasteiger partial charge on any atom is -0.481 e. The Hall–Kier alpha value is -1.78. The van der Waals surface area contributed by atoms with Crippen LogP contribution in [0.5, 0.6) is 0 Å². The number of hydrogen-bond donors (Lipinski definition) is 1. The molecule has 5 nitrogen and oxygen atoms in total. The van der Waals surface area contributed by atoms with Crippen LogP contribution < -0.4 is 0 Å². The fourth-order valence-corrected chi connectivity index (χ4v) is 3.77. The third kappa shape index (κ3) is 3.95. The first-order valence-electron chi connectivity index (χ1n) is 8.50. The number of hydrogen-bond acceptors (Lipinski definition) is 2. The fourth-order valence-electron chi connectivity index (χ4n) is 3.77. The summed E-state index contributed by atoms with van der Waals surface area (Å²) in [6.45, 7) is 9.74. The maximum atomic E-state index is 12.9. The van der Waals surface area contributed by atoms with Crippen molar-refractivity contribution in [2.45, 2.75) is 59.4 Å². The molecule has 0 aromatic carbocycles. The standard InChI is InChI=1S/C18H28N2O3/c1-12(2)20-13(3)10-16(14(20)4)18(23)19-9-5-6-15(11-19)7-8-17(21)22/h10,12,15H,5-9,11H2,1-4H3,(H,21,22)/t15-/m0/s1. The van der Waals surface area contributed by atoms with Crippen LogP contribution in [0.1, 0.15) is 67.3 Å². The average Bonchev–Trinajstić information content (AvgIpc) is 2.79. The third-order valence-corrected chi connectivity index (χ3v) is 4.80. The molecule has 1 aromatic rings. The monoisotopic (exact) mass is 320 g/mol. The van der Waals surface area contributed by atoms with Crippen molar-refractivity contribution >= 4 is 11.9 Å². The van der Waals surface area contributed by atoms with E-state index in [2.05, 4.69) is 18.4 Å². The van der Waals surface area contributed by atoms with E-state index < -0.39 is 5.97 Å². The SMILES string of the molecule is Cc1cc(C(=O)N2CCC[C@@H](CCC(=O)O)C2)c(C)n1C(C)C. The molecule has 1 aromatic heterocycles. The number of likely N-dealkylation sites (tertiary alicyclic amines) is 1. The van der Waals surface area contributed by atoms with Crippen LogP contribution >= 0.6 is 0 Å². The maximum Gasteiger partial charge on any atom is 0.303 e. The van der Waals surface area contributed by atoms with Gasteiger partial charge in [0.05, 0.1) is 5.56 Å². The molecule has 2 heterocycles. The van der Waals surface area contributed by atoms with Gasteiger partial charge in [0, 0.05) is 36.9 Å². The van der Waals surface area contributed by atoms with Crippen LogP contribution in [0.25, 0.3) is 0 Å². The van der Waals surface area contributed by atoms with Gasteiger partial charge in [0.1, 0.15) is 0 Å². The molecule has 5 heteroatoms. The molecule has 0 bridgehead atoms. The largest absolute Gasteiger partial charge is 0.481 e. The smallest absolute Gasteiger partial charge is 0.303 e. The van der Waals surface area contributed by atoms with Crippen molar-refractivity contribution in [3.05, 3.63) is 23.0 Å². The molecular formula is C18H28N2O3. The van der Waals surface area contributed by atoms with Gasteiger partial charge in [-0.3, -0.25) is 9.59 Å². The molecule has 1 N–H and O–H groups in total. The summed E-state index contributed by atoms with van der Waals surface area (Å²) < 4.78 is 2.19. The third-order valence-electron chi connectivity index (χ3n) is 4.80. The van der Waals surface area contributed by atoms with Gasteiger partial charge in [0.15, 0.2) is 0 Å².